The van der Waals surface area contributed by atoms with E-state index in [0.29, 0.717) is 22.9 Å². The molecule has 0 spiro atoms. The first-order valence-electron chi connectivity index (χ1n) is 7.28. The molecule has 126 valence electrons. The van der Waals surface area contributed by atoms with Crippen LogP contribution in [-0.2, 0) is 9.84 Å². The lowest BCUT2D eigenvalue weighted by Gasteiger charge is -2.11. The third-order valence-corrected chi connectivity index (χ3v) is 5.70. The van der Waals surface area contributed by atoms with Crippen LogP contribution < -0.4 is 10.6 Å². The second kappa shape index (κ2) is 6.74. The first-order valence-corrected chi connectivity index (χ1v) is 9.48. The van der Waals surface area contributed by atoms with Crippen LogP contribution in [-0.4, -0.2) is 41.8 Å². The smallest absolute Gasteiger partial charge is 0.270 e. The maximum atomic E-state index is 12.2. The van der Waals surface area contributed by atoms with Crippen LogP contribution in [0.15, 0.2) is 36.7 Å². The van der Waals surface area contributed by atoms with Gasteiger partial charge < -0.3 is 10.6 Å². The van der Waals surface area contributed by atoms with E-state index >= 15 is 0 Å². The number of rotatable bonds is 4. The molecule has 1 unspecified atom stereocenters. The van der Waals surface area contributed by atoms with Gasteiger partial charge in [0, 0.05) is 12.1 Å². The number of carbonyl (C=O) groups is 1. The Morgan fingerprint density at radius 2 is 2.04 bits per heavy atom. The zero-order valence-electron chi connectivity index (χ0n) is 12.6. The Morgan fingerprint density at radius 1 is 1.25 bits per heavy atom. The van der Waals surface area contributed by atoms with Gasteiger partial charge >= 0.3 is 0 Å². The Balaban J connectivity index is 1.71. The molecule has 0 saturated carbocycles. The van der Waals surface area contributed by atoms with Gasteiger partial charge in [0.2, 0.25) is 0 Å². The van der Waals surface area contributed by atoms with Crippen LogP contribution in [0.2, 0.25) is 5.02 Å². The third kappa shape index (κ3) is 4.01. The summed E-state index contributed by atoms with van der Waals surface area (Å²) in [6.07, 6.45) is 1.68. The summed E-state index contributed by atoms with van der Waals surface area (Å²) < 4.78 is 22.9. The minimum absolute atomic E-state index is 0.0332. The molecule has 0 radical (unpaired) electrons. The normalized spacial score (nSPS) is 19.0. The van der Waals surface area contributed by atoms with Gasteiger partial charge in [0.1, 0.15) is 17.8 Å². The van der Waals surface area contributed by atoms with Crippen LogP contribution >= 0.6 is 11.6 Å². The first-order chi connectivity index (χ1) is 11.4. The topological polar surface area (TPSA) is 101 Å². The second-order valence-corrected chi connectivity index (χ2v) is 8.10. The van der Waals surface area contributed by atoms with Crippen LogP contribution in [0, 0.1) is 0 Å². The van der Waals surface area contributed by atoms with Crippen molar-refractivity contribution in [3.8, 4) is 0 Å². The number of nitrogens with one attached hydrogen (secondary N) is 2. The van der Waals surface area contributed by atoms with E-state index in [9.17, 15) is 13.2 Å². The Kier molecular flexibility index (Phi) is 4.68. The van der Waals surface area contributed by atoms with Crippen molar-refractivity contribution < 1.29 is 13.2 Å². The quantitative estimate of drug-likeness (QED) is 0.855. The summed E-state index contributed by atoms with van der Waals surface area (Å²) >= 11 is 6.07. The van der Waals surface area contributed by atoms with Gasteiger partial charge in [-0.1, -0.05) is 23.7 Å². The summed E-state index contributed by atoms with van der Waals surface area (Å²) in [6.45, 7) is 0. The molecule has 0 aliphatic carbocycles. The number of halogens is 1. The SMILES string of the molecule is O=C(NC1CCS(=O)(=O)C1)c1cc(Nc2ccccc2Cl)ncn1. The number of hydrogen-bond donors (Lipinski definition) is 2. The number of nitrogens with zero attached hydrogens (tertiary/aromatic N) is 2. The summed E-state index contributed by atoms with van der Waals surface area (Å²) in [7, 11) is -3.05. The second-order valence-electron chi connectivity index (χ2n) is 5.47. The maximum Gasteiger partial charge on any atom is 0.270 e. The Morgan fingerprint density at radius 3 is 2.75 bits per heavy atom. The lowest BCUT2D eigenvalue weighted by molar-refractivity contribution is 0.0936. The van der Waals surface area contributed by atoms with Gasteiger partial charge in [-0.15, -0.1) is 0 Å². The molecule has 9 heteroatoms. The molecule has 1 amide bonds. The monoisotopic (exact) mass is 366 g/mol. The van der Waals surface area contributed by atoms with E-state index in [2.05, 4.69) is 20.6 Å². The van der Waals surface area contributed by atoms with E-state index in [1.165, 1.54) is 12.4 Å². The zero-order chi connectivity index (χ0) is 17.2. The van der Waals surface area contributed by atoms with Crippen molar-refractivity contribution in [1.29, 1.82) is 0 Å². The predicted molar refractivity (Wildman–Crippen MR) is 91.3 cm³/mol. The molecule has 1 fully saturated rings. The van der Waals surface area contributed by atoms with E-state index in [4.69, 9.17) is 11.6 Å². The number of hydrogen-bond acceptors (Lipinski definition) is 6. The molecule has 1 aromatic carbocycles. The van der Waals surface area contributed by atoms with Crippen molar-refractivity contribution in [2.75, 3.05) is 16.8 Å². The molecule has 1 atom stereocenters. The number of amides is 1. The molecule has 1 aliphatic rings. The molecule has 24 heavy (non-hydrogen) atoms. The zero-order valence-corrected chi connectivity index (χ0v) is 14.1. The van der Waals surface area contributed by atoms with Crippen molar-refractivity contribution in [2.24, 2.45) is 0 Å². The highest BCUT2D eigenvalue weighted by atomic mass is 35.5. The van der Waals surface area contributed by atoms with Crippen molar-refractivity contribution >= 4 is 38.9 Å². The Bertz CT molecular complexity index is 873. The minimum atomic E-state index is -3.05. The third-order valence-electron chi connectivity index (χ3n) is 3.60. The molecule has 3 rings (SSSR count). The van der Waals surface area contributed by atoms with Crippen LogP contribution in [0.3, 0.4) is 0 Å². The number of anilines is 2. The van der Waals surface area contributed by atoms with E-state index in [-0.39, 0.29) is 23.2 Å². The summed E-state index contributed by atoms with van der Waals surface area (Å²) in [4.78, 5) is 20.2. The molecule has 1 saturated heterocycles. The van der Waals surface area contributed by atoms with Gasteiger partial charge in [0.25, 0.3) is 5.91 Å². The van der Waals surface area contributed by atoms with Crippen molar-refractivity contribution in [2.45, 2.75) is 12.5 Å². The van der Waals surface area contributed by atoms with E-state index in [1.54, 1.807) is 12.1 Å². The largest absolute Gasteiger partial charge is 0.347 e. The first kappa shape index (κ1) is 16.7. The Labute approximate surface area is 144 Å². The van der Waals surface area contributed by atoms with Gasteiger partial charge in [-0.3, -0.25) is 4.79 Å². The lowest BCUT2D eigenvalue weighted by Crippen LogP contribution is -2.36. The molecule has 0 bridgehead atoms. The summed E-state index contributed by atoms with van der Waals surface area (Å²) in [5, 5.41) is 6.23. The number of carbonyl (C=O) groups excluding carboxylic acids is 1. The van der Waals surface area contributed by atoms with Crippen LogP contribution in [0.25, 0.3) is 0 Å². The fourth-order valence-corrected chi connectivity index (χ4v) is 4.27. The molecule has 2 aromatic rings. The molecular weight excluding hydrogens is 352 g/mol. The Hall–Kier alpha value is -2.19. The summed E-state index contributed by atoms with van der Waals surface area (Å²) in [5.41, 5.74) is 0.815. The molecule has 1 aromatic heterocycles. The van der Waals surface area contributed by atoms with Gasteiger partial charge in [0.15, 0.2) is 9.84 Å². The number of sulfone groups is 1. The van der Waals surface area contributed by atoms with Crippen LogP contribution in [0.5, 0.6) is 0 Å². The van der Waals surface area contributed by atoms with Gasteiger partial charge in [-0.05, 0) is 18.6 Å². The van der Waals surface area contributed by atoms with Crippen LogP contribution in [0.1, 0.15) is 16.9 Å². The summed E-state index contributed by atoms with van der Waals surface area (Å²) in [5.74, 6) is 0.0549. The van der Waals surface area contributed by atoms with E-state index in [0.717, 1.165) is 0 Å². The average Bonchev–Trinajstić information content (AvgIpc) is 2.88. The number of benzene rings is 1. The molecule has 1 aliphatic heterocycles. The van der Waals surface area contributed by atoms with E-state index in [1.807, 2.05) is 12.1 Å². The standard InChI is InChI=1S/C15H15ClN4O3S/c16-11-3-1-2-4-12(11)20-14-7-13(17-9-18-14)15(21)19-10-5-6-24(22,23)8-10/h1-4,7,9-10H,5-6,8H2,(H,19,21)(H,17,18,20). The van der Waals surface area contributed by atoms with Crippen molar-refractivity contribution in [3.05, 3.63) is 47.4 Å². The van der Waals surface area contributed by atoms with E-state index < -0.39 is 15.7 Å². The molecule has 2 heterocycles. The maximum absolute atomic E-state index is 12.2. The average molecular weight is 367 g/mol. The minimum Gasteiger partial charge on any atom is -0.347 e. The van der Waals surface area contributed by atoms with Gasteiger partial charge in [0.05, 0.1) is 22.2 Å². The fraction of sp³-hybridized carbons (Fsp3) is 0.267. The highest BCUT2D eigenvalue weighted by Crippen LogP contribution is 2.23. The molecule has 2 N–H and O–H groups in total. The van der Waals surface area contributed by atoms with Crippen LogP contribution in [0.4, 0.5) is 11.5 Å². The predicted octanol–water partition coefficient (Wildman–Crippen LogP) is 1.79. The van der Waals surface area contributed by atoms with Gasteiger partial charge in [-0.25, -0.2) is 18.4 Å². The van der Waals surface area contributed by atoms with Crippen molar-refractivity contribution in [1.82, 2.24) is 15.3 Å². The molecular formula is C15H15ClN4O3S. The highest BCUT2D eigenvalue weighted by molar-refractivity contribution is 7.91. The van der Waals surface area contributed by atoms with Crippen molar-refractivity contribution in [3.63, 3.8) is 0 Å². The number of aromatic nitrogens is 2. The number of para-hydroxylation sites is 1. The van der Waals surface area contributed by atoms with Gasteiger partial charge in [-0.2, -0.15) is 0 Å². The molecule has 7 nitrogen and oxygen atoms in total. The summed E-state index contributed by atoms with van der Waals surface area (Å²) in [6, 6.07) is 8.26. The lowest BCUT2D eigenvalue weighted by atomic mass is 10.2. The highest BCUT2D eigenvalue weighted by Gasteiger charge is 2.29. The fourth-order valence-electron chi connectivity index (χ4n) is 2.42.